The molecule has 0 bridgehead atoms. The summed E-state index contributed by atoms with van der Waals surface area (Å²) in [5.74, 6) is 0.116. The van der Waals surface area contributed by atoms with Crippen LogP contribution >= 0.6 is 0 Å². The molecule has 0 aromatic heterocycles. The fourth-order valence-electron chi connectivity index (χ4n) is 0.992. The van der Waals surface area contributed by atoms with Crippen LogP contribution in [0.1, 0.15) is 22.8 Å². The molecule has 0 aliphatic rings. The highest BCUT2D eigenvalue weighted by Crippen LogP contribution is 2.20. The highest BCUT2D eigenvalue weighted by atomic mass is 16.3. The van der Waals surface area contributed by atoms with E-state index in [9.17, 15) is 9.90 Å². The van der Waals surface area contributed by atoms with Crippen molar-refractivity contribution >= 4 is 6.29 Å². The van der Waals surface area contributed by atoms with Crippen molar-refractivity contribution in [1.29, 1.82) is 0 Å². The van der Waals surface area contributed by atoms with Crippen molar-refractivity contribution in [2.24, 2.45) is 0 Å². The number of benzene rings is 1. The van der Waals surface area contributed by atoms with Gasteiger partial charge in [0, 0.05) is 0 Å². The van der Waals surface area contributed by atoms with E-state index < -0.39 is 0 Å². The molecular weight excluding hydrogens is 140 g/mol. The number of aryl methyl sites for hydroxylation is 1. The average Bonchev–Trinajstić information content (AvgIpc) is 2.05. The van der Waals surface area contributed by atoms with Crippen LogP contribution < -0.4 is 0 Å². The maximum absolute atomic E-state index is 10.3. The molecule has 58 valence electrons. The molecule has 0 saturated carbocycles. The second-order valence-corrected chi connectivity index (χ2v) is 2.33. The molecule has 2 heteroatoms. The Bertz CT molecular complexity index is 266. The summed E-state index contributed by atoms with van der Waals surface area (Å²) < 4.78 is 0. The van der Waals surface area contributed by atoms with Crippen molar-refractivity contribution in [2.75, 3.05) is 0 Å². The molecule has 0 aliphatic carbocycles. The molecule has 0 unspecified atom stereocenters. The molecule has 2 nitrogen and oxygen atoms in total. The fourth-order valence-corrected chi connectivity index (χ4v) is 0.992. The van der Waals surface area contributed by atoms with Crippen LogP contribution in [0.2, 0.25) is 0 Å². The molecule has 0 radical (unpaired) electrons. The van der Waals surface area contributed by atoms with E-state index in [4.69, 9.17) is 0 Å². The average molecular weight is 150 g/mol. The van der Waals surface area contributed by atoms with Crippen molar-refractivity contribution in [1.82, 2.24) is 0 Å². The lowest BCUT2D eigenvalue weighted by Gasteiger charge is -2.01. The van der Waals surface area contributed by atoms with Gasteiger partial charge in [-0.25, -0.2) is 0 Å². The first kappa shape index (κ1) is 7.79. The monoisotopic (exact) mass is 150 g/mol. The molecule has 0 spiro atoms. The maximum atomic E-state index is 10.3. The van der Waals surface area contributed by atoms with Gasteiger partial charge in [0.1, 0.15) is 5.75 Å². The summed E-state index contributed by atoms with van der Waals surface area (Å²) in [5, 5.41) is 9.36. The highest BCUT2D eigenvalue weighted by molar-refractivity contribution is 5.79. The van der Waals surface area contributed by atoms with Crippen LogP contribution in [0.25, 0.3) is 0 Å². The predicted molar refractivity (Wildman–Crippen MR) is 42.9 cm³/mol. The lowest BCUT2D eigenvalue weighted by molar-refractivity contribution is 0.112. The van der Waals surface area contributed by atoms with Gasteiger partial charge in [-0.2, -0.15) is 0 Å². The summed E-state index contributed by atoms with van der Waals surface area (Å²) in [6.07, 6.45) is 1.40. The van der Waals surface area contributed by atoms with Crippen LogP contribution in [0, 0.1) is 0 Å². The molecule has 1 aromatic carbocycles. The topological polar surface area (TPSA) is 37.3 Å². The van der Waals surface area contributed by atoms with Crippen molar-refractivity contribution in [3.05, 3.63) is 29.3 Å². The molecule has 11 heavy (non-hydrogen) atoms. The number of phenols is 1. The van der Waals surface area contributed by atoms with Gasteiger partial charge in [0.25, 0.3) is 0 Å². The normalized spacial score (nSPS) is 9.55. The first-order chi connectivity index (χ1) is 5.29. The third-order valence-corrected chi connectivity index (χ3v) is 1.66. The zero-order chi connectivity index (χ0) is 8.27. The summed E-state index contributed by atoms with van der Waals surface area (Å²) in [6.45, 7) is 1.93. The van der Waals surface area contributed by atoms with E-state index >= 15 is 0 Å². The van der Waals surface area contributed by atoms with E-state index in [1.807, 2.05) is 13.0 Å². The van der Waals surface area contributed by atoms with Gasteiger partial charge in [0.2, 0.25) is 0 Å². The number of carbonyl (C=O) groups excluding carboxylic acids is 1. The number of hydrogen-bond donors (Lipinski definition) is 1. The Morgan fingerprint density at radius 1 is 1.55 bits per heavy atom. The van der Waals surface area contributed by atoms with E-state index in [2.05, 4.69) is 0 Å². The van der Waals surface area contributed by atoms with Crippen LogP contribution in [-0.4, -0.2) is 11.4 Å². The van der Waals surface area contributed by atoms with Gasteiger partial charge in [-0.15, -0.1) is 0 Å². The number of hydrogen-bond acceptors (Lipinski definition) is 2. The number of carbonyl (C=O) groups is 1. The molecule has 1 rings (SSSR count). The first-order valence-electron chi connectivity index (χ1n) is 3.55. The fraction of sp³-hybridized carbons (Fsp3) is 0.222. The summed E-state index contributed by atoms with van der Waals surface area (Å²) in [4.78, 5) is 10.3. The van der Waals surface area contributed by atoms with Crippen LogP contribution in [-0.2, 0) is 6.42 Å². The third kappa shape index (κ3) is 1.40. The Balaban J connectivity index is 3.20. The molecule has 1 aromatic rings. The molecule has 0 heterocycles. The number of aldehydes is 1. The Labute approximate surface area is 65.5 Å². The minimum atomic E-state index is 0.116. The Hall–Kier alpha value is -1.31. The van der Waals surface area contributed by atoms with Crippen molar-refractivity contribution in [3.8, 4) is 5.75 Å². The van der Waals surface area contributed by atoms with Gasteiger partial charge >= 0.3 is 0 Å². The number of para-hydroxylation sites is 1. The molecule has 0 saturated heterocycles. The lowest BCUT2D eigenvalue weighted by Crippen LogP contribution is -1.86. The summed E-state index contributed by atoms with van der Waals surface area (Å²) in [6, 6.07) is 5.17. The summed E-state index contributed by atoms with van der Waals surface area (Å²) in [5.41, 5.74) is 1.18. The van der Waals surface area contributed by atoms with Crippen molar-refractivity contribution < 1.29 is 9.90 Å². The maximum Gasteiger partial charge on any atom is 0.153 e. The zero-order valence-corrected chi connectivity index (χ0v) is 6.37. The second-order valence-electron chi connectivity index (χ2n) is 2.33. The lowest BCUT2D eigenvalue weighted by atomic mass is 10.1. The molecule has 0 fully saturated rings. The van der Waals surface area contributed by atoms with E-state index in [0.29, 0.717) is 11.8 Å². The van der Waals surface area contributed by atoms with E-state index in [-0.39, 0.29) is 5.75 Å². The summed E-state index contributed by atoms with van der Waals surface area (Å²) >= 11 is 0. The first-order valence-corrected chi connectivity index (χ1v) is 3.55. The van der Waals surface area contributed by atoms with E-state index in [0.717, 1.165) is 12.0 Å². The number of aromatic hydroxyl groups is 1. The number of rotatable bonds is 2. The molecular formula is C9H10O2. The zero-order valence-electron chi connectivity index (χ0n) is 6.37. The number of phenolic OH excluding ortho intramolecular Hbond substituents is 1. The second kappa shape index (κ2) is 3.19. The van der Waals surface area contributed by atoms with Gasteiger partial charge in [-0.3, -0.25) is 4.79 Å². The molecule has 0 amide bonds. The Morgan fingerprint density at radius 3 is 2.82 bits per heavy atom. The molecule has 0 aliphatic heterocycles. The van der Waals surface area contributed by atoms with Crippen LogP contribution in [0.4, 0.5) is 0 Å². The third-order valence-electron chi connectivity index (χ3n) is 1.66. The SMILES string of the molecule is CCc1cccc(C=O)c1O. The predicted octanol–water partition coefficient (Wildman–Crippen LogP) is 1.77. The standard InChI is InChI=1S/C9H10O2/c1-2-7-4-3-5-8(6-10)9(7)11/h3-6,11H,2H2,1H3. The van der Waals surface area contributed by atoms with Gasteiger partial charge < -0.3 is 5.11 Å². The van der Waals surface area contributed by atoms with Crippen molar-refractivity contribution in [2.45, 2.75) is 13.3 Å². The van der Waals surface area contributed by atoms with Gasteiger partial charge in [-0.05, 0) is 18.1 Å². The minimum absolute atomic E-state index is 0.116. The van der Waals surface area contributed by atoms with Crippen LogP contribution in [0.15, 0.2) is 18.2 Å². The van der Waals surface area contributed by atoms with Gasteiger partial charge in [-0.1, -0.05) is 19.1 Å². The van der Waals surface area contributed by atoms with E-state index in [1.165, 1.54) is 0 Å². The Morgan fingerprint density at radius 2 is 2.27 bits per heavy atom. The summed E-state index contributed by atoms with van der Waals surface area (Å²) in [7, 11) is 0. The van der Waals surface area contributed by atoms with Crippen LogP contribution in [0.3, 0.4) is 0 Å². The van der Waals surface area contributed by atoms with Crippen molar-refractivity contribution in [3.63, 3.8) is 0 Å². The molecule has 0 atom stereocenters. The molecule has 1 N–H and O–H groups in total. The van der Waals surface area contributed by atoms with Gasteiger partial charge in [0.15, 0.2) is 6.29 Å². The minimum Gasteiger partial charge on any atom is -0.507 e. The van der Waals surface area contributed by atoms with E-state index in [1.54, 1.807) is 12.1 Å². The quantitative estimate of drug-likeness (QED) is 0.652. The highest BCUT2D eigenvalue weighted by Gasteiger charge is 2.02. The Kier molecular flexibility index (Phi) is 2.26. The largest absolute Gasteiger partial charge is 0.507 e. The van der Waals surface area contributed by atoms with Gasteiger partial charge in [0.05, 0.1) is 5.56 Å². The smallest absolute Gasteiger partial charge is 0.153 e. The van der Waals surface area contributed by atoms with Crippen LogP contribution in [0.5, 0.6) is 5.75 Å².